The molecule has 0 bridgehead atoms. The predicted octanol–water partition coefficient (Wildman–Crippen LogP) is 4.31. The number of hydrogen-bond acceptors (Lipinski definition) is 3. The maximum atomic E-state index is 11.9. The van der Waals surface area contributed by atoms with Crippen LogP contribution in [0.2, 0.25) is 0 Å². The Balaban J connectivity index is 4.42. The summed E-state index contributed by atoms with van der Waals surface area (Å²) >= 11 is 11.0. The molecule has 0 amide bonds. The second kappa shape index (κ2) is 7.72. The van der Waals surface area contributed by atoms with Gasteiger partial charge in [-0.15, -0.1) is 0 Å². The lowest BCUT2D eigenvalue weighted by atomic mass is 10.5. The predicted molar refractivity (Wildman–Crippen MR) is 59.9 cm³/mol. The van der Waals surface area contributed by atoms with Crippen LogP contribution in [0.1, 0.15) is 26.7 Å². The minimum atomic E-state index is -3.35. The maximum absolute atomic E-state index is 11.9. The molecule has 0 rings (SSSR count). The van der Waals surface area contributed by atoms with Crippen molar-refractivity contribution in [2.75, 3.05) is 13.2 Å². The van der Waals surface area contributed by atoms with Crippen molar-refractivity contribution in [3.05, 3.63) is 10.3 Å². The van der Waals surface area contributed by atoms with E-state index in [1.807, 2.05) is 13.8 Å². The molecule has 84 valence electrons. The molecule has 0 aromatic rings. The van der Waals surface area contributed by atoms with Gasteiger partial charge < -0.3 is 9.05 Å². The van der Waals surface area contributed by atoms with E-state index in [1.54, 1.807) is 0 Å². The highest BCUT2D eigenvalue weighted by molar-refractivity contribution is 7.61. The maximum Gasteiger partial charge on any atom is 0.373 e. The van der Waals surface area contributed by atoms with Gasteiger partial charge in [0.15, 0.2) is 0 Å². The van der Waals surface area contributed by atoms with Gasteiger partial charge in [0, 0.05) is 5.54 Å². The number of halogens is 2. The molecule has 0 heterocycles. The monoisotopic (exact) mass is 260 g/mol. The molecule has 0 N–H and O–H groups in total. The normalized spacial score (nSPS) is 13.3. The Morgan fingerprint density at radius 1 is 1.29 bits per heavy atom. The average Bonchev–Trinajstić information content (AvgIpc) is 2.22. The van der Waals surface area contributed by atoms with Crippen LogP contribution in [0.25, 0.3) is 0 Å². The quantitative estimate of drug-likeness (QED) is 0.640. The summed E-state index contributed by atoms with van der Waals surface area (Å²) in [5.74, 6) is 0. The van der Waals surface area contributed by atoms with E-state index in [2.05, 4.69) is 0 Å². The third kappa shape index (κ3) is 4.81. The zero-order valence-electron chi connectivity index (χ0n) is 8.33. The second-order valence-corrected chi connectivity index (χ2v) is 5.48. The summed E-state index contributed by atoms with van der Waals surface area (Å²) in [6.07, 6.45) is 1.48. The van der Waals surface area contributed by atoms with Crippen molar-refractivity contribution >= 4 is 30.8 Å². The van der Waals surface area contributed by atoms with Gasteiger partial charge >= 0.3 is 7.60 Å². The Labute approximate surface area is 94.9 Å². The first-order valence-corrected chi connectivity index (χ1v) is 6.82. The SMILES string of the molecule is CCCOP(=O)(OCCC)/C(Cl)=C/Cl. The van der Waals surface area contributed by atoms with E-state index in [1.165, 1.54) is 0 Å². The Bertz CT molecular complexity index is 219. The first-order chi connectivity index (χ1) is 6.60. The van der Waals surface area contributed by atoms with Crippen molar-refractivity contribution in [1.29, 1.82) is 0 Å². The molecule has 0 spiro atoms. The highest BCUT2D eigenvalue weighted by Crippen LogP contribution is 2.58. The molecule has 0 aliphatic carbocycles. The lowest BCUT2D eigenvalue weighted by Crippen LogP contribution is -1.98. The molecule has 0 aliphatic heterocycles. The van der Waals surface area contributed by atoms with Gasteiger partial charge in [0.1, 0.15) is 4.77 Å². The van der Waals surface area contributed by atoms with Gasteiger partial charge in [0.25, 0.3) is 0 Å². The fraction of sp³-hybridized carbons (Fsp3) is 0.750. The molecule has 14 heavy (non-hydrogen) atoms. The summed E-state index contributed by atoms with van der Waals surface area (Å²) < 4.78 is 22.0. The molecule has 6 heteroatoms. The summed E-state index contributed by atoms with van der Waals surface area (Å²) in [4.78, 5) is 0. The van der Waals surface area contributed by atoms with Crippen LogP contribution in [0.4, 0.5) is 0 Å². The van der Waals surface area contributed by atoms with Crippen molar-refractivity contribution in [2.45, 2.75) is 26.7 Å². The molecule has 0 unspecified atom stereocenters. The Morgan fingerprint density at radius 3 is 2.00 bits per heavy atom. The van der Waals surface area contributed by atoms with Crippen LogP contribution >= 0.6 is 30.8 Å². The fourth-order valence-electron chi connectivity index (χ4n) is 0.643. The minimum absolute atomic E-state index is 0.0685. The Kier molecular flexibility index (Phi) is 7.98. The average molecular weight is 261 g/mol. The summed E-state index contributed by atoms with van der Waals surface area (Å²) in [7, 11) is -3.35. The second-order valence-electron chi connectivity index (χ2n) is 2.60. The van der Waals surface area contributed by atoms with Crippen LogP contribution in [0, 0.1) is 0 Å². The van der Waals surface area contributed by atoms with E-state index in [0.717, 1.165) is 18.4 Å². The summed E-state index contributed by atoms with van der Waals surface area (Å²) in [6, 6.07) is 0. The van der Waals surface area contributed by atoms with Gasteiger partial charge in [-0.05, 0) is 12.8 Å². The smallest absolute Gasteiger partial charge is 0.305 e. The molecule has 0 saturated heterocycles. The molecule has 3 nitrogen and oxygen atoms in total. The molecule has 0 saturated carbocycles. The third-order valence-corrected chi connectivity index (χ3v) is 4.19. The van der Waals surface area contributed by atoms with Crippen LogP contribution in [-0.4, -0.2) is 13.2 Å². The molecule has 0 aromatic carbocycles. The zero-order chi connectivity index (χ0) is 11.0. The van der Waals surface area contributed by atoms with Crippen molar-refractivity contribution in [3.8, 4) is 0 Å². The van der Waals surface area contributed by atoms with Gasteiger partial charge in [-0.25, -0.2) is 0 Å². The topological polar surface area (TPSA) is 35.5 Å². The van der Waals surface area contributed by atoms with Crippen LogP contribution in [0.5, 0.6) is 0 Å². The lowest BCUT2D eigenvalue weighted by Gasteiger charge is -2.16. The fourth-order valence-corrected chi connectivity index (χ4v) is 2.58. The number of rotatable bonds is 7. The van der Waals surface area contributed by atoms with Gasteiger partial charge in [0.05, 0.1) is 13.2 Å². The van der Waals surface area contributed by atoms with Crippen LogP contribution in [0.15, 0.2) is 10.3 Å². The van der Waals surface area contributed by atoms with E-state index in [0.29, 0.717) is 13.2 Å². The minimum Gasteiger partial charge on any atom is -0.305 e. The first-order valence-electron chi connectivity index (χ1n) is 4.46. The van der Waals surface area contributed by atoms with Gasteiger partial charge in [-0.3, -0.25) is 4.57 Å². The van der Waals surface area contributed by atoms with Crippen LogP contribution in [0.3, 0.4) is 0 Å². The summed E-state index contributed by atoms with van der Waals surface area (Å²) in [5.41, 5.74) is 1.02. The highest BCUT2D eigenvalue weighted by atomic mass is 35.5. The summed E-state index contributed by atoms with van der Waals surface area (Å²) in [5, 5.41) is 0. The highest BCUT2D eigenvalue weighted by Gasteiger charge is 2.28. The molecular formula is C8H15Cl2O3P. The zero-order valence-corrected chi connectivity index (χ0v) is 10.7. The Morgan fingerprint density at radius 2 is 1.71 bits per heavy atom. The van der Waals surface area contributed by atoms with E-state index in [4.69, 9.17) is 32.2 Å². The van der Waals surface area contributed by atoms with Gasteiger partial charge in [-0.2, -0.15) is 0 Å². The third-order valence-electron chi connectivity index (χ3n) is 1.28. The van der Waals surface area contributed by atoms with E-state index >= 15 is 0 Å². The van der Waals surface area contributed by atoms with Crippen LogP contribution < -0.4 is 0 Å². The van der Waals surface area contributed by atoms with Crippen molar-refractivity contribution in [1.82, 2.24) is 0 Å². The largest absolute Gasteiger partial charge is 0.373 e. The molecule has 0 fully saturated rings. The lowest BCUT2D eigenvalue weighted by molar-refractivity contribution is 0.212. The molecule has 0 aromatic heterocycles. The van der Waals surface area contributed by atoms with E-state index in [-0.39, 0.29) is 4.77 Å². The van der Waals surface area contributed by atoms with E-state index in [9.17, 15) is 4.57 Å². The first kappa shape index (κ1) is 14.5. The Hall–Kier alpha value is 0.470. The van der Waals surface area contributed by atoms with E-state index < -0.39 is 7.60 Å². The van der Waals surface area contributed by atoms with Crippen molar-refractivity contribution in [2.24, 2.45) is 0 Å². The molecule has 0 atom stereocenters. The standard InChI is InChI=1S/C8H15Cl2O3P/c1-3-5-12-14(11,8(10)7-9)13-6-4-2/h7H,3-6H2,1-2H3/b8-7+. The van der Waals surface area contributed by atoms with Gasteiger partial charge in [0.2, 0.25) is 0 Å². The molecule has 0 aliphatic rings. The van der Waals surface area contributed by atoms with Crippen molar-refractivity contribution < 1.29 is 13.6 Å². The van der Waals surface area contributed by atoms with Gasteiger partial charge in [-0.1, -0.05) is 37.0 Å². The molecule has 0 radical (unpaired) electrons. The number of hydrogen-bond donors (Lipinski definition) is 0. The summed E-state index contributed by atoms with van der Waals surface area (Å²) in [6.45, 7) is 4.48. The van der Waals surface area contributed by atoms with Crippen LogP contribution in [-0.2, 0) is 13.6 Å². The van der Waals surface area contributed by atoms with Crippen molar-refractivity contribution in [3.63, 3.8) is 0 Å². The molecular weight excluding hydrogens is 246 g/mol.